The quantitative estimate of drug-likeness (QED) is 0.101. The van der Waals surface area contributed by atoms with Crippen LogP contribution in [0.2, 0.25) is 5.02 Å². The second kappa shape index (κ2) is 15.9. The van der Waals surface area contributed by atoms with Crippen molar-refractivity contribution in [3.05, 3.63) is 75.6 Å². The second-order valence-electron chi connectivity index (χ2n) is 13.4. The number of aryl methyl sites for hydroxylation is 1. The van der Waals surface area contributed by atoms with Gasteiger partial charge in [0.1, 0.15) is 11.4 Å². The van der Waals surface area contributed by atoms with Gasteiger partial charge >= 0.3 is 0 Å². The summed E-state index contributed by atoms with van der Waals surface area (Å²) >= 11 is 7.04. The van der Waals surface area contributed by atoms with E-state index in [1.807, 2.05) is 19.9 Å². The maximum atomic E-state index is 15.7. The minimum atomic E-state index is -0.640. The molecule has 2 heterocycles. The van der Waals surface area contributed by atoms with Crippen LogP contribution in [0.15, 0.2) is 48.0 Å². The number of carbonyl (C=O) groups excluding carboxylic acids is 3. The zero-order chi connectivity index (χ0) is 37.0. The molecule has 10 nitrogen and oxygen atoms in total. The molecular formula is C39H48ClFN6O4. The van der Waals surface area contributed by atoms with E-state index in [0.29, 0.717) is 34.0 Å². The minimum absolute atomic E-state index is 0.000945. The fourth-order valence-corrected chi connectivity index (χ4v) is 7.58. The third kappa shape index (κ3) is 7.52. The van der Waals surface area contributed by atoms with E-state index < -0.39 is 17.6 Å². The van der Waals surface area contributed by atoms with E-state index in [1.165, 1.54) is 19.2 Å². The van der Waals surface area contributed by atoms with Gasteiger partial charge in [0, 0.05) is 61.0 Å². The Morgan fingerprint density at radius 1 is 1.20 bits per heavy atom. The number of anilines is 1. The first-order chi connectivity index (χ1) is 24.4. The van der Waals surface area contributed by atoms with Crippen LogP contribution < -0.4 is 26.4 Å². The summed E-state index contributed by atoms with van der Waals surface area (Å²) in [6.45, 7) is 9.49. The number of carbonyl (C=O) groups is 3. The monoisotopic (exact) mass is 718 g/mol. The number of benzene rings is 2. The van der Waals surface area contributed by atoms with Crippen LogP contribution in [0.25, 0.3) is 22.4 Å². The number of halogens is 2. The summed E-state index contributed by atoms with van der Waals surface area (Å²) in [6, 6.07) is 10.2. The van der Waals surface area contributed by atoms with Gasteiger partial charge in [-0.3, -0.25) is 19.3 Å². The fraction of sp³-hybridized carbons (Fsp3) is 0.436. The van der Waals surface area contributed by atoms with E-state index in [4.69, 9.17) is 27.1 Å². The molecule has 0 bridgehead atoms. The Balaban J connectivity index is 1.46. The van der Waals surface area contributed by atoms with Gasteiger partial charge in [-0.2, -0.15) is 0 Å². The molecule has 1 aliphatic heterocycles. The molecule has 1 fully saturated rings. The van der Waals surface area contributed by atoms with E-state index in [0.717, 1.165) is 56.3 Å². The molecule has 3 amide bonds. The summed E-state index contributed by atoms with van der Waals surface area (Å²) in [5.41, 5.74) is 10.0. The smallest absolute Gasteiger partial charge is 0.260 e. The number of methoxy groups -OCH3 is 1. The molecule has 3 unspecified atom stereocenters. The number of nitrogens with one attached hydrogen (secondary N) is 3. The SMILES string of the molecule is CCC(C)C(=O)NC1(CC)CCN(C2CCc3cc(-c4ccc(F)c(-c5cccc(NC(=O)/C(=C/CN)C(=O)NC)c5C)c4Cl)nc(OC)c32)C1. The molecule has 3 atom stereocenters. The van der Waals surface area contributed by atoms with E-state index in [2.05, 4.69) is 27.8 Å². The normalized spacial score (nSPS) is 19.4. The molecule has 2 aliphatic rings. The molecular weight excluding hydrogens is 671 g/mol. The van der Waals surface area contributed by atoms with Crippen molar-refractivity contribution in [1.82, 2.24) is 20.5 Å². The van der Waals surface area contributed by atoms with Crippen LogP contribution in [0, 0.1) is 18.7 Å². The Bertz CT molecular complexity index is 1870. The highest BCUT2D eigenvalue weighted by molar-refractivity contribution is 6.36. The highest BCUT2D eigenvalue weighted by Gasteiger charge is 2.43. The molecule has 1 saturated heterocycles. The number of nitrogens with zero attached hydrogens (tertiary/aromatic N) is 2. The fourth-order valence-electron chi connectivity index (χ4n) is 7.23. The number of pyridine rings is 1. The Morgan fingerprint density at radius 3 is 2.63 bits per heavy atom. The average molecular weight is 719 g/mol. The molecule has 3 aromatic rings. The first-order valence-electron chi connectivity index (χ1n) is 17.6. The van der Waals surface area contributed by atoms with Gasteiger partial charge in [-0.05, 0) is 80.0 Å². The molecule has 2 aromatic carbocycles. The lowest BCUT2D eigenvalue weighted by molar-refractivity contribution is -0.126. The van der Waals surface area contributed by atoms with Crippen LogP contribution in [0.3, 0.4) is 0 Å². The summed E-state index contributed by atoms with van der Waals surface area (Å²) in [7, 11) is 3.03. The molecule has 5 rings (SSSR count). The van der Waals surface area contributed by atoms with Crippen molar-refractivity contribution >= 4 is 35.0 Å². The predicted molar refractivity (Wildman–Crippen MR) is 199 cm³/mol. The molecule has 0 saturated carbocycles. The van der Waals surface area contributed by atoms with Crippen LogP contribution in [0.5, 0.6) is 5.88 Å². The number of fused-ring (bicyclic) bond motifs is 1. The number of aromatic nitrogens is 1. The summed E-state index contributed by atoms with van der Waals surface area (Å²) in [5.74, 6) is -1.17. The van der Waals surface area contributed by atoms with Crippen molar-refractivity contribution in [3.63, 3.8) is 0 Å². The number of hydrogen-bond donors (Lipinski definition) is 4. The molecule has 1 aliphatic carbocycles. The lowest BCUT2D eigenvalue weighted by atomic mass is 9.93. The van der Waals surface area contributed by atoms with Crippen LogP contribution in [-0.2, 0) is 20.8 Å². The number of hydrogen-bond acceptors (Lipinski definition) is 7. The van der Waals surface area contributed by atoms with Gasteiger partial charge in [0.25, 0.3) is 11.8 Å². The lowest BCUT2D eigenvalue weighted by Gasteiger charge is -2.32. The largest absolute Gasteiger partial charge is 0.481 e. The third-order valence-electron chi connectivity index (χ3n) is 10.5. The third-order valence-corrected chi connectivity index (χ3v) is 10.9. The number of amides is 3. The molecule has 0 spiro atoms. The van der Waals surface area contributed by atoms with Crippen LogP contribution in [-0.4, -0.2) is 66.9 Å². The topological polar surface area (TPSA) is 139 Å². The second-order valence-corrected chi connectivity index (χ2v) is 13.8. The van der Waals surface area contributed by atoms with Crippen molar-refractivity contribution in [3.8, 4) is 28.3 Å². The predicted octanol–water partition coefficient (Wildman–Crippen LogP) is 6.10. The molecule has 272 valence electrons. The Morgan fingerprint density at radius 2 is 1.96 bits per heavy atom. The van der Waals surface area contributed by atoms with Crippen LogP contribution in [0.1, 0.15) is 69.2 Å². The number of nitrogens with two attached hydrogens (primary N) is 1. The zero-order valence-corrected chi connectivity index (χ0v) is 31.0. The summed E-state index contributed by atoms with van der Waals surface area (Å²) in [6.07, 6.45) is 5.56. The first kappa shape index (κ1) is 37.9. The summed E-state index contributed by atoms with van der Waals surface area (Å²) in [5, 5.41) is 8.75. The van der Waals surface area contributed by atoms with E-state index in [-0.39, 0.29) is 46.1 Å². The minimum Gasteiger partial charge on any atom is -0.481 e. The molecule has 5 N–H and O–H groups in total. The van der Waals surface area contributed by atoms with Gasteiger partial charge in [-0.15, -0.1) is 0 Å². The van der Waals surface area contributed by atoms with E-state index in [9.17, 15) is 14.4 Å². The van der Waals surface area contributed by atoms with Crippen molar-refractivity contribution in [2.24, 2.45) is 11.7 Å². The summed E-state index contributed by atoms with van der Waals surface area (Å²) in [4.78, 5) is 45.6. The zero-order valence-electron chi connectivity index (χ0n) is 30.2. The highest BCUT2D eigenvalue weighted by atomic mass is 35.5. The standard InChI is InChI=1S/C39H48ClFN6O4/c1-7-22(3)35(48)46-39(8-2)17-19-47(21-39)31-15-12-24-20-30(45-38(51-6)32(24)31)26-13-14-28(41)33(34(26)40)25-10-9-11-29(23(25)4)44-37(50)27(16-18-42)36(49)43-5/h9-11,13-14,16,20,22,31H,7-8,12,15,17-19,21,42H2,1-6H3,(H,43,49)(H,44,50)(H,46,48)/b27-16+. The number of rotatable bonds is 12. The van der Waals surface area contributed by atoms with Crippen LogP contribution in [0.4, 0.5) is 10.1 Å². The van der Waals surface area contributed by atoms with Gasteiger partial charge in [-0.1, -0.05) is 50.6 Å². The number of ether oxygens (including phenoxy) is 1. The summed E-state index contributed by atoms with van der Waals surface area (Å²) < 4.78 is 21.6. The van der Waals surface area contributed by atoms with Crippen molar-refractivity contribution < 1.29 is 23.5 Å². The van der Waals surface area contributed by atoms with Crippen molar-refractivity contribution in [2.45, 2.75) is 71.4 Å². The molecule has 51 heavy (non-hydrogen) atoms. The first-order valence-corrected chi connectivity index (χ1v) is 18.0. The van der Waals surface area contributed by atoms with Gasteiger partial charge < -0.3 is 26.4 Å². The number of likely N-dealkylation sites (tertiary alicyclic amines) is 1. The van der Waals surface area contributed by atoms with Gasteiger partial charge in [-0.25, -0.2) is 9.37 Å². The number of likely N-dealkylation sites (N-methyl/N-ethyl adjacent to an activating group) is 1. The lowest BCUT2D eigenvalue weighted by Crippen LogP contribution is -2.51. The maximum absolute atomic E-state index is 15.7. The Labute approximate surface area is 304 Å². The van der Waals surface area contributed by atoms with E-state index in [1.54, 1.807) is 38.3 Å². The molecule has 1 aromatic heterocycles. The highest BCUT2D eigenvalue weighted by Crippen LogP contribution is 2.47. The van der Waals surface area contributed by atoms with Gasteiger partial charge in [0.05, 0.1) is 23.4 Å². The Kier molecular flexibility index (Phi) is 11.8. The van der Waals surface area contributed by atoms with Gasteiger partial charge in [0.2, 0.25) is 11.8 Å². The Hall–Kier alpha value is -4.32. The van der Waals surface area contributed by atoms with Crippen molar-refractivity contribution in [1.29, 1.82) is 0 Å². The molecule has 12 heteroatoms. The van der Waals surface area contributed by atoms with E-state index >= 15 is 4.39 Å². The van der Waals surface area contributed by atoms with Crippen LogP contribution >= 0.6 is 11.6 Å². The van der Waals surface area contributed by atoms with Crippen molar-refractivity contribution in [2.75, 3.05) is 39.1 Å². The molecule has 0 radical (unpaired) electrons. The average Bonchev–Trinajstić information content (AvgIpc) is 3.75. The maximum Gasteiger partial charge on any atom is 0.260 e. The van der Waals surface area contributed by atoms with Gasteiger partial charge in [0.15, 0.2) is 0 Å².